The number of aryl methyl sites for hydroxylation is 2. The van der Waals surface area contributed by atoms with Crippen LogP contribution in [0.4, 0.5) is 0 Å². The van der Waals surface area contributed by atoms with Crippen LogP contribution in [0.25, 0.3) is 43.6 Å². The molecule has 3 fully saturated rings. The molecule has 0 bridgehead atoms. The highest BCUT2D eigenvalue weighted by molar-refractivity contribution is 5.88. The van der Waals surface area contributed by atoms with E-state index in [9.17, 15) is 0 Å². The van der Waals surface area contributed by atoms with E-state index in [1.54, 1.807) is 0 Å². The maximum atomic E-state index is 6.12. The van der Waals surface area contributed by atoms with E-state index in [1.165, 1.54) is 124 Å². The molecule has 15 rings (SSSR count). The second kappa shape index (κ2) is 41.1. The molecule has 4 aromatic heterocycles. The summed E-state index contributed by atoms with van der Waals surface area (Å²) in [6.07, 6.45) is 12.7. The van der Waals surface area contributed by atoms with Crippen molar-refractivity contribution in [2.24, 2.45) is 0 Å². The first kappa shape index (κ1) is 78.7. The number of para-hydroxylation sites is 2. The van der Waals surface area contributed by atoms with Gasteiger partial charge >= 0.3 is 0 Å². The third-order valence-corrected chi connectivity index (χ3v) is 18.9. The number of fused-ring (bicyclic) bond motifs is 4. The number of piperidine rings is 2. The molecule has 0 saturated carbocycles. The van der Waals surface area contributed by atoms with Crippen LogP contribution in [-0.2, 0) is 26.2 Å². The standard InChI is InChI=1S/C22H27N3O.2C21H25N3O.C20H25N3O.3ClH/c1-18-10-11-21-20(16-18)22(26-15-14-24-12-6-3-7-13-24)23-25(21)17-19-8-4-2-5-9-19;1-3-9-18(10-4-1)17-24-20-12-6-5-11-19(20)21(22-24)25-16-15-23-13-7-2-8-14-23;1-2-9-18(10-3-1)17-24-20-12-5-4-11-19(20)21(22-24)25-16-8-15-23-13-6-7-14-23;1-16-10-11-19-18(14-16)20(24-13-7-12-22(2)3)21-23(19)15-17-8-5-4-6-9-17;;;/h2,4-5,8-11,16H,3,6-7,12-15,17H2,1H3;1,3-6,9-12H,2,7-8,13-17H2;1-5,9-12H,6-8,13-17H2;4-6,8-11,14H,7,12-13,15H2,1-3H3;3*1H. The summed E-state index contributed by atoms with van der Waals surface area (Å²) in [6.45, 7) is 21.5. The van der Waals surface area contributed by atoms with Gasteiger partial charge in [-0.2, -0.15) is 0 Å². The molecule has 0 aliphatic carbocycles. The Hall–Kier alpha value is -8.45. The number of rotatable bonds is 26. The predicted molar refractivity (Wildman–Crippen MR) is 428 cm³/mol. The van der Waals surface area contributed by atoms with Crippen molar-refractivity contribution in [1.29, 1.82) is 0 Å². The van der Waals surface area contributed by atoms with Crippen LogP contribution in [0.2, 0.25) is 0 Å². The van der Waals surface area contributed by atoms with Crippen molar-refractivity contribution in [2.75, 3.05) is 106 Å². The van der Waals surface area contributed by atoms with Gasteiger partial charge in [-0.3, -0.25) is 28.5 Å². The minimum Gasteiger partial charge on any atom is -0.476 e. The van der Waals surface area contributed by atoms with Gasteiger partial charge in [-0.1, -0.05) is 182 Å². The molecule has 8 aromatic carbocycles. The molecule has 0 unspecified atom stereocenters. The maximum absolute atomic E-state index is 6.12. The van der Waals surface area contributed by atoms with Gasteiger partial charge in [0, 0.05) is 26.2 Å². The lowest BCUT2D eigenvalue weighted by Crippen LogP contribution is -2.33. The van der Waals surface area contributed by atoms with Crippen molar-refractivity contribution >= 4 is 80.8 Å². The van der Waals surface area contributed by atoms with Crippen LogP contribution in [-0.4, -0.2) is 165 Å². The van der Waals surface area contributed by atoms with E-state index in [1.807, 2.05) is 50.4 Å². The van der Waals surface area contributed by atoms with Crippen LogP contribution >= 0.6 is 37.2 Å². The lowest BCUT2D eigenvalue weighted by Gasteiger charge is -2.25. The van der Waals surface area contributed by atoms with Crippen LogP contribution < -0.4 is 18.9 Å². The summed E-state index contributed by atoms with van der Waals surface area (Å²) in [6, 6.07) is 71.3. The van der Waals surface area contributed by atoms with E-state index in [0.717, 1.165) is 139 Å². The molecule has 3 aliphatic heterocycles. The number of hydrogen-bond acceptors (Lipinski definition) is 12. The smallest absolute Gasteiger partial charge is 0.240 e. The first-order valence-electron chi connectivity index (χ1n) is 36.6. The number of nitrogens with zero attached hydrogens (tertiary/aromatic N) is 12. The SMILES string of the molecule is Cc1ccc2c(c1)c(OCCCN(C)C)nn2Cc1ccccc1.Cc1ccc2c(c1)c(OCCN1CCCCC1)nn2Cc1ccccc1.Cl.Cl.Cl.c1ccc(Cn2nc(OCCCN3CCCC3)c3ccccc32)cc1.c1ccc(Cn2nc(OCCN3CCCCC3)c3ccccc32)cc1. The van der Waals surface area contributed by atoms with Crippen LogP contribution in [0.1, 0.15) is 97.6 Å². The fourth-order valence-electron chi connectivity index (χ4n) is 13.6. The lowest BCUT2D eigenvalue weighted by molar-refractivity contribution is 0.180. The quantitative estimate of drug-likeness (QED) is 0.0480. The number of benzene rings is 8. The average Bonchev–Trinajstić information content (AvgIpc) is 1.67. The van der Waals surface area contributed by atoms with Gasteiger partial charge in [-0.25, -0.2) is 0 Å². The maximum Gasteiger partial charge on any atom is 0.240 e. The summed E-state index contributed by atoms with van der Waals surface area (Å²) in [5, 5.41) is 23.4. The summed E-state index contributed by atoms with van der Waals surface area (Å²) in [7, 11) is 4.15. The van der Waals surface area contributed by atoms with Gasteiger partial charge in [-0.15, -0.1) is 57.6 Å². The van der Waals surface area contributed by atoms with E-state index in [2.05, 4.69) is 222 Å². The fourth-order valence-corrected chi connectivity index (χ4v) is 13.6. The van der Waals surface area contributed by atoms with Gasteiger partial charge < -0.3 is 28.7 Å². The first-order valence-corrected chi connectivity index (χ1v) is 36.6. The van der Waals surface area contributed by atoms with Gasteiger partial charge in [0.05, 0.1) is 83.0 Å². The van der Waals surface area contributed by atoms with E-state index in [4.69, 9.17) is 39.3 Å². The Bertz CT molecular complexity index is 4400. The van der Waals surface area contributed by atoms with Crippen molar-refractivity contribution < 1.29 is 18.9 Å². The topological polar surface area (TPSA) is 121 Å². The molecule has 103 heavy (non-hydrogen) atoms. The highest BCUT2D eigenvalue weighted by Crippen LogP contribution is 2.31. The zero-order valence-electron chi connectivity index (χ0n) is 60.7. The molecule has 3 aliphatic rings. The molecule has 0 atom stereocenters. The Balaban J connectivity index is 0.000000158. The number of halogens is 3. The van der Waals surface area contributed by atoms with Crippen LogP contribution in [0, 0.1) is 13.8 Å². The summed E-state index contributed by atoms with van der Waals surface area (Å²) < 4.78 is 32.4. The van der Waals surface area contributed by atoms with Gasteiger partial charge in [-0.05, 0) is 189 Å². The molecule has 12 aromatic rings. The molecule has 0 N–H and O–H groups in total. The molecule has 0 radical (unpaired) electrons. The van der Waals surface area contributed by atoms with Crippen molar-refractivity contribution in [3.63, 3.8) is 0 Å². The third kappa shape index (κ3) is 23.0. The van der Waals surface area contributed by atoms with Crippen molar-refractivity contribution in [3.8, 4) is 23.5 Å². The normalized spacial score (nSPS) is 14.0. The van der Waals surface area contributed by atoms with Crippen molar-refractivity contribution in [1.82, 2.24) is 58.7 Å². The summed E-state index contributed by atoms with van der Waals surface area (Å²) >= 11 is 0. The number of hydrogen-bond donors (Lipinski definition) is 0. The number of ether oxygens (including phenoxy) is 4. The lowest BCUT2D eigenvalue weighted by atomic mass is 10.1. The predicted octanol–water partition coefficient (Wildman–Crippen LogP) is 17.1. The number of aromatic nitrogens is 8. The molecule has 0 amide bonds. The van der Waals surface area contributed by atoms with Crippen LogP contribution in [0.3, 0.4) is 0 Å². The van der Waals surface area contributed by atoms with E-state index in [0.29, 0.717) is 19.8 Å². The molecule has 546 valence electrons. The summed E-state index contributed by atoms with van der Waals surface area (Å²) in [4.78, 5) is 9.68. The highest BCUT2D eigenvalue weighted by atomic mass is 35.5. The van der Waals surface area contributed by atoms with Crippen LogP contribution in [0.5, 0.6) is 23.5 Å². The minimum absolute atomic E-state index is 0. The van der Waals surface area contributed by atoms with E-state index < -0.39 is 0 Å². The zero-order chi connectivity index (χ0) is 68.5. The Kier molecular flexibility index (Phi) is 31.4. The second-order valence-electron chi connectivity index (χ2n) is 27.1. The Labute approximate surface area is 628 Å². The molecule has 19 heteroatoms. The Morgan fingerprint density at radius 2 is 0.602 bits per heavy atom. The number of likely N-dealkylation sites (tertiary alicyclic amines) is 3. The van der Waals surface area contributed by atoms with Gasteiger partial charge in [0.2, 0.25) is 23.5 Å². The largest absolute Gasteiger partial charge is 0.476 e. The first-order chi connectivity index (χ1) is 49.2. The van der Waals surface area contributed by atoms with E-state index in [-0.39, 0.29) is 37.2 Å². The molecule has 3 saturated heterocycles. The van der Waals surface area contributed by atoms with Crippen molar-refractivity contribution in [3.05, 3.63) is 240 Å². The Morgan fingerprint density at radius 3 is 0.961 bits per heavy atom. The molecular weight excluding hydrogens is 1350 g/mol. The van der Waals surface area contributed by atoms with Gasteiger partial charge in [0.25, 0.3) is 0 Å². The van der Waals surface area contributed by atoms with E-state index >= 15 is 0 Å². The highest BCUT2D eigenvalue weighted by Gasteiger charge is 2.19. The molecule has 7 heterocycles. The summed E-state index contributed by atoms with van der Waals surface area (Å²) in [5.41, 5.74) is 11.9. The molecular formula is C84H105Cl3N12O4. The molecule has 0 spiro atoms. The summed E-state index contributed by atoms with van der Waals surface area (Å²) in [5.74, 6) is 3.01. The van der Waals surface area contributed by atoms with Gasteiger partial charge in [0.1, 0.15) is 13.2 Å². The van der Waals surface area contributed by atoms with Gasteiger partial charge in [0.15, 0.2) is 0 Å². The fraction of sp³-hybridized carbons (Fsp3) is 0.381. The third-order valence-electron chi connectivity index (χ3n) is 18.9. The second-order valence-corrected chi connectivity index (χ2v) is 27.1. The van der Waals surface area contributed by atoms with Crippen molar-refractivity contribution in [2.45, 2.75) is 104 Å². The molecule has 16 nitrogen and oxygen atoms in total. The monoisotopic (exact) mass is 1450 g/mol. The minimum atomic E-state index is 0. The zero-order valence-corrected chi connectivity index (χ0v) is 63.1. The average molecular weight is 1450 g/mol. The van der Waals surface area contributed by atoms with Crippen LogP contribution in [0.15, 0.2) is 206 Å². The Morgan fingerprint density at radius 1 is 0.311 bits per heavy atom.